The summed E-state index contributed by atoms with van der Waals surface area (Å²) in [5, 5.41) is 0. The van der Waals surface area contributed by atoms with Gasteiger partial charge >= 0.3 is 0 Å². The lowest BCUT2D eigenvalue weighted by Gasteiger charge is -2.30. The van der Waals surface area contributed by atoms with Crippen molar-refractivity contribution in [2.75, 3.05) is 18.0 Å². The molecule has 0 saturated carbocycles. The summed E-state index contributed by atoms with van der Waals surface area (Å²) in [5.74, 6) is -0.244. The Hall–Kier alpha value is -1.38. The van der Waals surface area contributed by atoms with Crippen LogP contribution < -0.4 is 4.90 Å². The van der Waals surface area contributed by atoms with Crippen molar-refractivity contribution in [3.8, 4) is 0 Å². The maximum atomic E-state index is 13.6. The Morgan fingerprint density at radius 1 is 1.38 bits per heavy atom. The van der Waals surface area contributed by atoms with Gasteiger partial charge in [0.15, 0.2) is 0 Å². The van der Waals surface area contributed by atoms with E-state index in [0.717, 1.165) is 6.29 Å². The van der Waals surface area contributed by atoms with Gasteiger partial charge in [-0.15, -0.1) is 0 Å². The van der Waals surface area contributed by atoms with Gasteiger partial charge in [-0.25, -0.2) is 4.39 Å². The number of benzene rings is 1. The number of anilines is 1. The number of carbonyl (C=O) groups is 1. The van der Waals surface area contributed by atoms with E-state index in [4.69, 9.17) is 0 Å². The van der Waals surface area contributed by atoms with Crippen LogP contribution in [0.4, 0.5) is 10.1 Å². The van der Waals surface area contributed by atoms with Crippen LogP contribution in [0.3, 0.4) is 0 Å². The first-order valence-corrected chi connectivity index (χ1v) is 5.46. The minimum atomic E-state index is -0.460. The Balaban J connectivity index is 2.91. The number of para-hydroxylation sites is 1. The second-order valence-corrected chi connectivity index (χ2v) is 4.57. The highest BCUT2D eigenvalue weighted by Gasteiger charge is 2.21. The Morgan fingerprint density at radius 2 is 2.00 bits per heavy atom. The highest BCUT2D eigenvalue weighted by molar-refractivity contribution is 5.60. The van der Waals surface area contributed by atoms with Gasteiger partial charge < -0.3 is 9.69 Å². The molecule has 1 rings (SSSR count). The zero-order chi connectivity index (χ0) is 12.2. The molecule has 16 heavy (non-hydrogen) atoms. The molecule has 0 fully saturated rings. The monoisotopic (exact) mass is 223 g/mol. The minimum absolute atomic E-state index is 0.244. The van der Waals surface area contributed by atoms with Gasteiger partial charge in [0.1, 0.15) is 12.1 Å². The van der Waals surface area contributed by atoms with E-state index in [1.54, 1.807) is 18.2 Å². The molecule has 0 atom stereocenters. The van der Waals surface area contributed by atoms with Gasteiger partial charge in [-0.05, 0) is 19.1 Å². The van der Waals surface area contributed by atoms with Crippen LogP contribution >= 0.6 is 0 Å². The maximum Gasteiger partial charge on any atom is 0.146 e. The van der Waals surface area contributed by atoms with Gasteiger partial charge in [-0.3, -0.25) is 0 Å². The van der Waals surface area contributed by atoms with Crippen molar-refractivity contribution in [3.63, 3.8) is 0 Å². The Labute approximate surface area is 96.1 Å². The van der Waals surface area contributed by atoms with Crippen molar-refractivity contribution in [1.29, 1.82) is 0 Å². The highest BCUT2D eigenvalue weighted by atomic mass is 19.1. The molecule has 0 aliphatic rings. The van der Waals surface area contributed by atoms with Crippen LogP contribution in [0.2, 0.25) is 0 Å². The van der Waals surface area contributed by atoms with Crippen LogP contribution in [0.5, 0.6) is 0 Å². The largest absolute Gasteiger partial charge is 0.368 e. The summed E-state index contributed by atoms with van der Waals surface area (Å²) in [6, 6.07) is 6.64. The van der Waals surface area contributed by atoms with Gasteiger partial charge in [0.25, 0.3) is 0 Å². The highest BCUT2D eigenvalue weighted by Crippen LogP contribution is 2.22. The normalized spacial score (nSPS) is 11.2. The van der Waals surface area contributed by atoms with Gasteiger partial charge in [0.05, 0.1) is 5.69 Å². The van der Waals surface area contributed by atoms with Gasteiger partial charge in [0.2, 0.25) is 0 Å². The molecule has 0 saturated heterocycles. The minimum Gasteiger partial charge on any atom is -0.368 e. The van der Waals surface area contributed by atoms with Crippen molar-refractivity contribution < 1.29 is 9.18 Å². The SMILES string of the molecule is CCN(CC(C)(C)C=O)c1ccccc1F. The second kappa shape index (κ2) is 5.10. The molecule has 0 heterocycles. The first-order valence-electron chi connectivity index (χ1n) is 5.46. The number of aldehydes is 1. The number of halogens is 1. The molecule has 0 aliphatic heterocycles. The number of hydrogen-bond acceptors (Lipinski definition) is 2. The Bertz CT molecular complexity index is 363. The summed E-state index contributed by atoms with van der Waals surface area (Å²) in [5.41, 5.74) is 0.0955. The lowest BCUT2D eigenvalue weighted by molar-refractivity contribution is -0.114. The topological polar surface area (TPSA) is 20.3 Å². The third kappa shape index (κ3) is 3.05. The second-order valence-electron chi connectivity index (χ2n) is 4.57. The smallest absolute Gasteiger partial charge is 0.146 e. The van der Waals surface area contributed by atoms with Crippen LogP contribution in [-0.2, 0) is 4.79 Å². The van der Waals surface area contributed by atoms with E-state index in [0.29, 0.717) is 18.8 Å². The molecule has 0 radical (unpaired) electrons. The molecule has 1 aromatic carbocycles. The summed E-state index contributed by atoms with van der Waals surface area (Å²) >= 11 is 0. The van der Waals surface area contributed by atoms with Crippen LogP contribution in [0.25, 0.3) is 0 Å². The van der Waals surface area contributed by atoms with E-state index >= 15 is 0 Å². The van der Waals surface area contributed by atoms with Crippen molar-refractivity contribution in [2.24, 2.45) is 5.41 Å². The van der Waals surface area contributed by atoms with Crippen molar-refractivity contribution in [1.82, 2.24) is 0 Å². The molecular weight excluding hydrogens is 205 g/mol. The summed E-state index contributed by atoms with van der Waals surface area (Å²) in [4.78, 5) is 12.8. The Kier molecular flexibility index (Phi) is 4.05. The molecule has 0 aromatic heterocycles. The number of rotatable bonds is 5. The van der Waals surface area contributed by atoms with Crippen molar-refractivity contribution >= 4 is 12.0 Å². The van der Waals surface area contributed by atoms with Crippen molar-refractivity contribution in [2.45, 2.75) is 20.8 Å². The standard InChI is InChI=1S/C13H18FNO/c1-4-15(9-13(2,3)10-16)12-8-6-5-7-11(12)14/h5-8,10H,4,9H2,1-3H3. The van der Waals surface area contributed by atoms with E-state index in [2.05, 4.69) is 0 Å². The average molecular weight is 223 g/mol. The fourth-order valence-corrected chi connectivity index (χ4v) is 1.60. The maximum absolute atomic E-state index is 13.6. The number of carbonyl (C=O) groups excluding carboxylic acids is 1. The lowest BCUT2D eigenvalue weighted by atomic mass is 9.95. The predicted molar refractivity (Wildman–Crippen MR) is 64.1 cm³/mol. The van der Waals surface area contributed by atoms with Crippen LogP contribution in [-0.4, -0.2) is 19.4 Å². The summed E-state index contributed by atoms with van der Waals surface area (Å²) in [7, 11) is 0. The molecule has 0 bridgehead atoms. The van der Waals surface area contributed by atoms with Gasteiger partial charge in [-0.1, -0.05) is 26.0 Å². The van der Waals surface area contributed by atoms with E-state index in [-0.39, 0.29) is 5.82 Å². The zero-order valence-corrected chi connectivity index (χ0v) is 10.0. The third-order valence-electron chi connectivity index (χ3n) is 2.49. The molecule has 88 valence electrons. The Morgan fingerprint density at radius 3 is 2.50 bits per heavy atom. The third-order valence-corrected chi connectivity index (χ3v) is 2.49. The van der Waals surface area contributed by atoms with Crippen LogP contribution in [0.1, 0.15) is 20.8 Å². The van der Waals surface area contributed by atoms with Crippen molar-refractivity contribution in [3.05, 3.63) is 30.1 Å². The predicted octanol–water partition coefficient (Wildman–Crippen LogP) is 2.88. The fraction of sp³-hybridized carbons (Fsp3) is 0.462. The van der Waals surface area contributed by atoms with E-state index in [9.17, 15) is 9.18 Å². The molecule has 0 N–H and O–H groups in total. The molecule has 0 amide bonds. The molecule has 3 heteroatoms. The van der Waals surface area contributed by atoms with Crippen LogP contribution in [0, 0.1) is 11.2 Å². The zero-order valence-electron chi connectivity index (χ0n) is 10.0. The van der Waals surface area contributed by atoms with E-state index < -0.39 is 5.41 Å². The lowest BCUT2D eigenvalue weighted by Crippen LogP contribution is -2.35. The number of hydrogen-bond donors (Lipinski definition) is 0. The van der Waals surface area contributed by atoms with E-state index in [1.165, 1.54) is 6.07 Å². The summed E-state index contributed by atoms with van der Waals surface area (Å²) < 4.78 is 13.6. The first-order chi connectivity index (χ1) is 7.50. The molecule has 0 unspecified atom stereocenters. The fourth-order valence-electron chi connectivity index (χ4n) is 1.60. The quantitative estimate of drug-likeness (QED) is 0.715. The van der Waals surface area contributed by atoms with E-state index in [1.807, 2.05) is 25.7 Å². The molecule has 1 aromatic rings. The van der Waals surface area contributed by atoms with Crippen LogP contribution in [0.15, 0.2) is 24.3 Å². The first kappa shape index (κ1) is 12.7. The molecule has 2 nitrogen and oxygen atoms in total. The molecule has 0 spiro atoms. The molecule has 0 aliphatic carbocycles. The average Bonchev–Trinajstić information content (AvgIpc) is 2.27. The van der Waals surface area contributed by atoms with Gasteiger partial charge in [0, 0.05) is 18.5 Å². The number of nitrogens with zero attached hydrogens (tertiary/aromatic N) is 1. The van der Waals surface area contributed by atoms with Gasteiger partial charge in [-0.2, -0.15) is 0 Å². The summed E-state index contributed by atoms with van der Waals surface area (Å²) in [6.07, 6.45) is 0.913. The summed E-state index contributed by atoms with van der Waals surface area (Å²) in [6.45, 7) is 6.85. The molecular formula is C13H18FNO.